The number of nitrogens with zero attached hydrogens (tertiary/aromatic N) is 4. The second-order valence-electron chi connectivity index (χ2n) is 6.72. The van der Waals surface area contributed by atoms with Gasteiger partial charge < -0.3 is 10.7 Å². The van der Waals surface area contributed by atoms with Crippen LogP contribution in [0, 0.1) is 11.8 Å². The Morgan fingerprint density at radius 2 is 2.04 bits per heavy atom. The van der Waals surface area contributed by atoms with Gasteiger partial charge in [0, 0.05) is 23.7 Å². The summed E-state index contributed by atoms with van der Waals surface area (Å²) in [6.45, 7) is 6.04. The number of nitrogen functional groups attached to an aromatic ring is 1. The Morgan fingerprint density at radius 1 is 1.32 bits per heavy atom. The van der Waals surface area contributed by atoms with Gasteiger partial charge in [0.2, 0.25) is 11.1 Å². The zero-order chi connectivity index (χ0) is 18.0. The first kappa shape index (κ1) is 18.1. The lowest BCUT2D eigenvalue weighted by Gasteiger charge is -2.34. The van der Waals surface area contributed by atoms with Crippen LogP contribution in [0.15, 0.2) is 29.4 Å². The average Bonchev–Trinajstić information content (AvgIpc) is 2.92. The summed E-state index contributed by atoms with van der Waals surface area (Å²) in [6, 6.07) is 7.28. The van der Waals surface area contributed by atoms with Crippen molar-refractivity contribution < 1.29 is 4.79 Å². The lowest BCUT2D eigenvalue weighted by molar-refractivity contribution is -0.130. The number of rotatable bonds is 4. The van der Waals surface area contributed by atoms with Crippen LogP contribution < -0.4 is 5.84 Å². The van der Waals surface area contributed by atoms with Gasteiger partial charge in [0.25, 0.3) is 0 Å². The maximum Gasteiger partial charge on any atom is 0.233 e. The Balaban J connectivity index is 1.65. The highest BCUT2D eigenvalue weighted by molar-refractivity contribution is 7.99. The highest BCUT2D eigenvalue weighted by atomic mass is 35.5. The predicted octanol–water partition coefficient (Wildman–Crippen LogP) is 2.91. The van der Waals surface area contributed by atoms with E-state index in [4.69, 9.17) is 17.4 Å². The number of hydrogen-bond donors (Lipinski definition) is 1. The van der Waals surface area contributed by atoms with E-state index >= 15 is 0 Å². The number of amides is 1. The molecular formula is C17H22ClN5OS. The molecule has 0 aliphatic carbocycles. The van der Waals surface area contributed by atoms with E-state index in [0.29, 0.717) is 33.6 Å². The van der Waals surface area contributed by atoms with E-state index in [9.17, 15) is 4.79 Å². The molecule has 0 spiro atoms. The molecule has 6 nitrogen and oxygen atoms in total. The smallest absolute Gasteiger partial charge is 0.233 e. The van der Waals surface area contributed by atoms with E-state index in [1.165, 1.54) is 22.9 Å². The molecule has 0 bridgehead atoms. The van der Waals surface area contributed by atoms with Gasteiger partial charge in [0.1, 0.15) is 0 Å². The normalized spacial score (nSPS) is 20.7. The van der Waals surface area contributed by atoms with Gasteiger partial charge in [-0.05, 0) is 30.4 Å². The molecule has 1 aromatic heterocycles. The molecule has 0 unspecified atom stereocenters. The lowest BCUT2D eigenvalue weighted by atomic mass is 9.92. The molecular weight excluding hydrogens is 358 g/mol. The van der Waals surface area contributed by atoms with Crippen molar-refractivity contribution >= 4 is 29.3 Å². The van der Waals surface area contributed by atoms with Crippen LogP contribution in [-0.4, -0.2) is 44.5 Å². The molecule has 134 valence electrons. The third kappa shape index (κ3) is 4.27. The largest absolute Gasteiger partial charge is 0.341 e. The molecule has 2 aromatic rings. The van der Waals surface area contributed by atoms with Gasteiger partial charge in [-0.25, -0.2) is 4.68 Å². The van der Waals surface area contributed by atoms with Gasteiger partial charge in [-0.1, -0.05) is 49.3 Å². The van der Waals surface area contributed by atoms with E-state index < -0.39 is 0 Å². The van der Waals surface area contributed by atoms with Crippen molar-refractivity contribution in [1.29, 1.82) is 0 Å². The number of likely N-dealkylation sites (tertiary alicyclic amines) is 1. The fourth-order valence-corrected chi connectivity index (χ4v) is 4.23. The van der Waals surface area contributed by atoms with Crippen molar-refractivity contribution in [2.45, 2.75) is 25.4 Å². The van der Waals surface area contributed by atoms with Crippen LogP contribution in [-0.2, 0) is 4.79 Å². The lowest BCUT2D eigenvalue weighted by Crippen LogP contribution is -2.43. The second kappa shape index (κ2) is 7.66. The summed E-state index contributed by atoms with van der Waals surface area (Å²) < 4.78 is 1.41. The number of benzene rings is 1. The van der Waals surface area contributed by atoms with Crippen molar-refractivity contribution in [1.82, 2.24) is 19.8 Å². The third-order valence-corrected chi connectivity index (χ3v) is 5.46. The van der Waals surface area contributed by atoms with Crippen molar-refractivity contribution in [2.24, 2.45) is 11.8 Å². The van der Waals surface area contributed by atoms with Crippen LogP contribution in [0.3, 0.4) is 0 Å². The van der Waals surface area contributed by atoms with Gasteiger partial charge in [0.15, 0.2) is 5.82 Å². The summed E-state index contributed by atoms with van der Waals surface area (Å²) in [4.78, 5) is 14.4. The van der Waals surface area contributed by atoms with Gasteiger partial charge in [-0.3, -0.25) is 4.79 Å². The molecule has 1 fully saturated rings. The molecule has 8 heteroatoms. The number of halogens is 1. The molecule has 1 aliphatic rings. The molecule has 2 atom stereocenters. The molecule has 25 heavy (non-hydrogen) atoms. The topological polar surface area (TPSA) is 77.0 Å². The Hall–Kier alpha value is -1.73. The molecule has 0 saturated carbocycles. The minimum atomic E-state index is 0.121. The minimum Gasteiger partial charge on any atom is -0.341 e. The first-order chi connectivity index (χ1) is 11.9. The van der Waals surface area contributed by atoms with Crippen LogP contribution in [0.4, 0.5) is 0 Å². The Morgan fingerprint density at radius 3 is 2.72 bits per heavy atom. The number of hydrogen-bond acceptors (Lipinski definition) is 5. The molecule has 1 aromatic carbocycles. The predicted molar refractivity (Wildman–Crippen MR) is 101 cm³/mol. The zero-order valence-electron chi connectivity index (χ0n) is 14.4. The summed E-state index contributed by atoms with van der Waals surface area (Å²) in [5.41, 5.74) is 0.791. The highest BCUT2D eigenvalue weighted by Gasteiger charge is 2.25. The van der Waals surface area contributed by atoms with E-state index in [1.807, 2.05) is 17.0 Å². The van der Waals surface area contributed by atoms with Crippen molar-refractivity contribution in [3.05, 3.63) is 29.3 Å². The first-order valence-corrected chi connectivity index (χ1v) is 9.67. The third-order valence-electron chi connectivity index (χ3n) is 4.29. The maximum absolute atomic E-state index is 12.5. The van der Waals surface area contributed by atoms with Crippen LogP contribution >= 0.6 is 23.4 Å². The molecule has 1 amide bonds. The molecule has 1 aliphatic heterocycles. The Kier molecular flexibility index (Phi) is 5.54. The molecule has 2 N–H and O–H groups in total. The summed E-state index contributed by atoms with van der Waals surface area (Å²) >= 11 is 7.32. The Bertz CT molecular complexity index is 755. The van der Waals surface area contributed by atoms with Gasteiger partial charge in [-0.15, -0.1) is 10.2 Å². The molecule has 3 rings (SSSR count). The van der Waals surface area contributed by atoms with Crippen molar-refractivity contribution in [2.75, 3.05) is 24.7 Å². The standard InChI is InChI=1S/C17H22ClN5OS/c1-11-6-12(2)9-22(8-11)15(24)10-25-17-21-20-16(23(17)19)13-4-3-5-14(18)7-13/h3-5,7,11-12H,6,8-10,19H2,1-2H3/t11-,12-/m0/s1. The van der Waals surface area contributed by atoms with Gasteiger partial charge in [0.05, 0.1) is 5.75 Å². The molecule has 1 saturated heterocycles. The summed E-state index contributed by atoms with van der Waals surface area (Å²) in [6.07, 6.45) is 1.18. The van der Waals surface area contributed by atoms with Crippen LogP contribution in [0.5, 0.6) is 0 Å². The quantitative estimate of drug-likeness (QED) is 0.652. The molecule has 0 radical (unpaired) electrons. The van der Waals surface area contributed by atoms with E-state index in [1.54, 1.807) is 12.1 Å². The number of thioether (sulfide) groups is 1. The van der Waals surface area contributed by atoms with Crippen LogP contribution in [0.1, 0.15) is 20.3 Å². The SMILES string of the molecule is C[C@H]1C[C@H](C)CN(C(=O)CSc2nnc(-c3cccc(Cl)c3)n2N)C1. The number of carbonyl (C=O) groups excluding carboxylic acids is 1. The van der Waals surface area contributed by atoms with Gasteiger partial charge >= 0.3 is 0 Å². The van der Waals surface area contributed by atoms with Crippen LogP contribution in [0.2, 0.25) is 5.02 Å². The van der Waals surface area contributed by atoms with Crippen molar-refractivity contribution in [3.63, 3.8) is 0 Å². The summed E-state index contributed by atoms with van der Waals surface area (Å²) in [5, 5.41) is 9.36. The summed E-state index contributed by atoms with van der Waals surface area (Å²) in [7, 11) is 0. The van der Waals surface area contributed by atoms with Gasteiger partial charge in [-0.2, -0.15) is 0 Å². The zero-order valence-corrected chi connectivity index (χ0v) is 15.9. The number of piperidine rings is 1. The fourth-order valence-electron chi connectivity index (χ4n) is 3.28. The van der Waals surface area contributed by atoms with Crippen molar-refractivity contribution in [3.8, 4) is 11.4 Å². The average molecular weight is 380 g/mol. The van der Waals surface area contributed by atoms with E-state index in [2.05, 4.69) is 24.0 Å². The molecule has 2 heterocycles. The number of carbonyl (C=O) groups is 1. The number of aromatic nitrogens is 3. The Labute approximate surface area is 156 Å². The highest BCUT2D eigenvalue weighted by Crippen LogP contribution is 2.25. The number of nitrogens with two attached hydrogens (primary N) is 1. The van der Waals surface area contributed by atoms with E-state index in [0.717, 1.165) is 18.7 Å². The van der Waals surface area contributed by atoms with E-state index in [-0.39, 0.29) is 5.91 Å². The second-order valence-corrected chi connectivity index (χ2v) is 8.10. The minimum absolute atomic E-state index is 0.121. The first-order valence-electron chi connectivity index (χ1n) is 8.31. The summed E-state index contributed by atoms with van der Waals surface area (Å²) in [5.74, 6) is 8.15. The fraction of sp³-hybridized carbons (Fsp3) is 0.471. The van der Waals surface area contributed by atoms with Crippen LogP contribution in [0.25, 0.3) is 11.4 Å². The monoisotopic (exact) mass is 379 g/mol. The maximum atomic E-state index is 12.5.